The smallest absolute Gasteiger partial charge is 0.277 e. The molecule has 5 rings (SSSR count). The Labute approximate surface area is 171 Å². The zero-order chi connectivity index (χ0) is 19.8. The molecule has 2 aromatic heterocycles. The SMILES string of the molecule is O=C(Nc1nc(-c2ccc3c(c2)CCCN3C(=O)C2CC2)cs1)c1cnccn1. The van der Waals surface area contributed by atoms with Gasteiger partial charge in [-0.3, -0.25) is 19.9 Å². The molecule has 0 bridgehead atoms. The summed E-state index contributed by atoms with van der Waals surface area (Å²) in [5.41, 5.74) is 4.25. The van der Waals surface area contributed by atoms with E-state index < -0.39 is 0 Å². The highest BCUT2D eigenvalue weighted by Gasteiger charge is 2.35. The third-order valence-electron chi connectivity index (χ3n) is 5.21. The maximum Gasteiger partial charge on any atom is 0.277 e. The van der Waals surface area contributed by atoms with E-state index in [-0.39, 0.29) is 23.4 Å². The molecule has 0 saturated heterocycles. The van der Waals surface area contributed by atoms with Crippen LogP contribution in [0.3, 0.4) is 0 Å². The number of anilines is 2. The quantitative estimate of drug-likeness (QED) is 0.717. The number of thiazole rings is 1. The highest BCUT2D eigenvalue weighted by Crippen LogP contribution is 2.37. The van der Waals surface area contributed by atoms with Crippen molar-refractivity contribution in [1.82, 2.24) is 15.0 Å². The monoisotopic (exact) mass is 405 g/mol. The van der Waals surface area contributed by atoms with E-state index in [2.05, 4.69) is 26.3 Å². The van der Waals surface area contributed by atoms with E-state index in [0.717, 1.165) is 49.2 Å². The van der Waals surface area contributed by atoms with Crippen molar-refractivity contribution in [1.29, 1.82) is 0 Å². The lowest BCUT2D eigenvalue weighted by Gasteiger charge is -2.30. The van der Waals surface area contributed by atoms with Gasteiger partial charge < -0.3 is 4.90 Å². The fourth-order valence-corrected chi connectivity index (χ4v) is 4.29. The first-order chi connectivity index (χ1) is 14.2. The minimum absolute atomic E-state index is 0.222. The molecule has 0 radical (unpaired) electrons. The molecule has 0 atom stereocenters. The van der Waals surface area contributed by atoms with Gasteiger partial charge in [-0.2, -0.15) is 0 Å². The highest BCUT2D eigenvalue weighted by molar-refractivity contribution is 7.14. The molecule has 29 heavy (non-hydrogen) atoms. The molecule has 7 nitrogen and oxygen atoms in total. The molecule has 1 saturated carbocycles. The number of amides is 2. The number of aryl methyl sites for hydroxylation is 1. The Hall–Kier alpha value is -3.13. The van der Waals surface area contributed by atoms with E-state index in [4.69, 9.17) is 0 Å². The summed E-state index contributed by atoms with van der Waals surface area (Å²) in [6, 6.07) is 6.15. The van der Waals surface area contributed by atoms with Crippen molar-refractivity contribution in [3.63, 3.8) is 0 Å². The Morgan fingerprint density at radius 3 is 2.90 bits per heavy atom. The minimum Gasteiger partial charge on any atom is -0.312 e. The fourth-order valence-electron chi connectivity index (χ4n) is 3.58. The standard InChI is InChI=1S/C21H19N5O2S/c27-19(16-11-22-7-8-23-16)25-21-24-17(12-29-21)14-5-6-18-15(10-14)2-1-9-26(18)20(28)13-3-4-13/h5-8,10-13H,1-4,9H2,(H,24,25,27). The Kier molecular flexibility index (Phi) is 4.55. The first-order valence-electron chi connectivity index (χ1n) is 9.66. The second kappa shape index (κ2) is 7.36. The summed E-state index contributed by atoms with van der Waals surface area (Å²) < 4.78 is 0. The number of benzene rings is 1. The van der Waals surface area contributed by atoms with Crippen LogP contribution in [0.1, 0.15) is 35.3 Å². The van der Waals surface area contributed by atoms with Crippen LogP contribution < -0.4 is 10.2 Å². The number of nitrogens with one attached hydrogen (secondary N) is 1. The Balaban J connectivity index is 1.35. The third-order valence-corrected chi connectivity index (χ3v) is 5.96. The Morgan fingerprint density at radius 1 is 1.21 bits per heavy atom. The van der Waals surface area contributed by atoms with Crippen LogP contribution in [0.5, 0.6) is 0 Å². The summed E-state index contributed by atoms with van der Waals surface area (Å²) in [5, 5.41) is 5.20. The van der Waals surface area contributed by atoms with Gasteiger partial charge in [0, 0.05) is 41.5 Å². The van der Waals surface area contributed by atoms with Crippen LogP contribution >= 0.6 is 11.3 Å². The number of aromatic nitrogens is 3. The molecule has 0 spiro atoms. The zero-order valence-corrected chi connectivity index (χ0v) is 16.5. The van der Waals surface area contributed by atoms with Crippen LogP contribution in [0.2, 0.25) is 0 Å². The fraction of sp³-hybridized carbons (Fsp3) is 0.286. The first-order valence-corrected chi connectivity index (χ1v) is 10.5. The van der Waals surface area contributed by atoms with Crippen LogP contribution in [0, 0.1) is 5.92 Å². The summed E-state index contributed by atoms with van der Waals surface area (Å²) >= 11 is 1.37. The van der Waals surface area contributed by atoms with Crippen LogP contribution in [-0.4, -0.2) is 33.3 Å². The maximum absolute atomic E-state index is 12.6. The Bertz CT molecular complexity index is 1080. The van der Waals surface area contributed by atoms with E-state index in [1.807, 2.05) is 22.4 Å². The molecule has 1 aliphatic carbocycles. The molecule has 0 unspecified atom stereocenters. The van der Waals surface area contributed by atoms with Gasteiger partial charge in [-0.1, -0.05) is 6.07 Å². The van der Waals surface area contributed by atoms with E-state index in [1.165, 1.54) is 35.5 Å². The average Bonchev–Trinajstić information content (AvgIpc) is 3.52. The molecular formula is C21H19N5O2S. The first kappa shape index (κ1) is 17.9. The van der Waals surface area contributed by atoms with Gasteiger partial charge >= 0.3 is 0 Å². The van der Waals surface area contributed by atoms with Crippen molar-refractivity contribution >= 4 is 34.0 Å². The van der Waals surface area contributed by atoms with Crippen molar-refractivity contribution in [3.8, 4) is 11.3 Å². The lowest BCUT2D eigenvalue weighted by atomic mass is 9.98. The molecule has 3 heterocycles. The molecule has 8 heteroatoms. The predicted molar refractivity (Wildman–Crippen MR) is 111 cm³/mol. The minimum atomic E-state index is -0.335. The van der Waals surface area contributed by atoms with Crippen LogP contribution in [0.25, 0.3) is 11.3 Å². The lowest BCUT2D eigenvalue weighted by molar-refractivity contribution is -0.119. The van der Waals surface area contributed by atoms with E-state index in [0.29, 0.717) is 5.13 Å². The average molecular weight is 405 g/mol. The molecule has 1 N–H and O–H groups in total. The highest BCUT2D eigenvalue weighted by atomic mass is 32.1. The van der Waals surface area contributed by atoms with Crippen molar-refractivity contribution < 1.29 is 9.59 Å². The second-order valence-corrected chi connectivity index (χ2v) is 8.15. The number of hydrogen-bond donors (Lipinski definition) is 1. The van der Waals surface area contributed by atoms with Crippen molar-refractivity contribution in [2.24, 2.45) is 5.92 Å². The van der Waals surface area contributed by atoms with Gasteiger partial charge in [0.1, 0.15) is 5.69 Å². The van der Waals surface area contributed by atoms with Crippen molar-refractivity contribution in [2.45, 2.75) is 25.7 Å². The summed E-state index contributed by atoms with van der Waals surface area (Å²) in [4.78, 5) is 39.2. The maximum atomic E-state index is 12.6. The van der Waals surface area contributed by atoms with E-state index in [9.17, 15) is 9.59 Å². The normalized spacial score (nSPS) is 15.7. The molecule has 1 aromatic carbocycles. The van der Waals surface area contributed by atoms with Gasteiger partial charge in [0.15, 0.2) is 5.13 Å². The summed E-state index contributed by atoms with van der Waals surface area (Å²) in [6.07, 6.45) is 8.39. The molecule has 146 valence electrons. The third kappa shape index (κ3) is 3.63. The van der Waals surface area contributed by atoms with Gasteiger partial charge in [-0.05, 0) is 43.4 Å². The molecule has 3 aromatic rings. The molecule has 2 aliphatic rings. The number of rotatable bonds is 4. The van der Waals surface area contributed by atoms with Crippen LogP contribution in [0.15, 0.2) is 42.2 Å². The van der Waals surface area contributed by atoms with Gasteiger partial charge in [-0.25, -0.2) is 9.97 Å². The molecule has 2 amide bonds. The summed E-state index contributed by atoms with van der Waals surface area (Å²) in [6.45, 7) is 0.803. The van der Waals surface area contributed by atoms with Gasteiger partial charge in [0.2, 0.25) is 5.91 Å². The zero-order valence-electron chi connectivity index (χ0n) is 15.7. The van der Waals surface area contributed by atoms with Crippen molar-refractivity contribution in [3.05, 3.63) is 53.4 Å². The van der Waals surface area contributed by atoms with Crippen molar-refractivity contribution in [2.75, 3.05) is 16.8 Å². The summed E-state index contributed by atoms with van der Waals surface area (Å²) in [5.74, 6) is 0.152. The lowest BCUT2D eigenvalue weighted by Crippen LogP contribution is -2.36. The summed E-state index contributed by atoms with van der Waals surface area (Å²) in [7, 11) is 0. The number of nitrogens with zero attached hydrogens (tertiary/aromatic N) is 4. The largest absolute Gasteiger partial charge is 0.312 e. The van der Waals surface area contributed by atoms with E-state index in [1.54, 1.807) is 0 Å². The number of fused-ring (bicyclic) bond motifs is 1. The second-order valence-electron chi connectivity index (χ2n) is 7.29. The van der Waals surface area contributed by atoms with Gasteiger partial charge in [0.25, 0.3) is 5.91 Å². The van der Waals surface area contributed by atoms with E-state index >= 15 is 0 Å². The molecule has 1 aliphatic heterocycles. The molecule has 1 fully saturated rings. The number of carbonyl (C=O) groups is 2. The topological polar surface area (TPSA) is 88.1 Å². The van der Waals surface area contributed by atoms with Crippen LogP contribution in [-0.2, 0) is 11.2 Å². The number of carbonyl (C=O) groups excluding carboxylic acids is 2. The van der Waals surface area contributed by atoms with Gasteiger partial charge in [-0.15, -0.1) is 11.3 Å². The Morgan fingerprint density at radius 2 is 2.10 bits per heavy atom. The number of hydrogen-bond acceptors (Lipinski definition) is 6. The van der Waals surface area contributed by atoms with Gasteiger partial charge in [0.05, 0.1) is 11.9 Å². The van der Waals surface area contributed by atoms with Crippen LogP contribution in [0.4, 0.5) is 10.8 Å². The molecular weight excluding hydrogens is 386 g/mol. The predicted octanol–water partition coefficient (Wildman–Crippen LogP) is 3.54.